The molecule has 0 bridgehead atoms. The predicted octanol–water partition coefficient (Wildman–Crippen LogP) is 4.72. The van der Waals surface area contributed by atoms with E-state index in [1.165, 1.54) is 174 Å². The average molecular weight is 615 g/mol. The van der Waals surface area contributed by atoms with Crippen LogP contribution in [0.4, 0.5) is 0 Å². The van der Waals surface area contributed by atoms with Gasteiger partial charge < -0.3 is 36.6 Å². The van der Waals surface area contributed by atoms with Crippen LogP contribution in [-0.2, 0) is 4.74 Å². The topological polar surface area (TPSA) is 81.4 Å². The first-order valence-electron chi connectivity index (χ1n) is 18.9. The summed E-state index contributed by atoms with van der Waals surface area (Å²) in [6.45, 7) is 14.7. The third-order valence-corrected chi connectivity index (χ3v) is 13.6. The van der Waals surface area contributed by atoms with E-state index in [4.69, 9.17) is 4.74 Å². The van der Waals surface area contributed by atoms with Crippen molar-refractivity contribution >= 4 is 0 Å². The number of nitrogens with one attached hydrogen (secondary N) is 6. The predicted molar refractivity (Wildman–Crippen MR) is 183 cm³/mol. The number of rotatable bonds is 0. The van der Waals surface area contributed by atoms with Crippen molar-refractivity contribution in [3.63, 3.8) is 0 Å². The first-order chi connectivity index (χ1) is 21.0. The number of hydrogen-bond donors (Lipinski definition) is 6. The Morgan fingerprint density at radius 3 is 1.05 bits per heavy atom. The van der Waals surface area contributed by atoms with E-state index in [-0.39, 0.29) is 7.43 Å². The molecule has 0 radical (unpaired) electrons. The third kappa shape index (κ3) is 8.79. The minimum Gasteiger partial charge on any atom is -0.372 e. The molecule has 254 valence electrons. The smallest absolute Gasteiger partial charge is 0.0809 e. The second-order valence-electron chi connectivity index (χ2n) is 17.3. The largest absolute Gasteiger partial charge is 0.372 e. The van der Waals surface area contributed by atoms with Crippen LogP contribution in [0.1, 0.15) is 123 Å². The Morgan fingerprint density at radius 2 is 0.864 bits per heavy atom. The Kier molecular flexibility index (Phi) is 10.7. The van der Waals surface area contributed by atoms with Crippen molar-refractivity contribution in [3.8, 4) is 0 Å². The Hall–Kier alpha value is -0.280. The fourth-order valence-corrected chi connectivity index (χ4v) is 8.23. The first kappa shape index (κ1) is 33.6. The van der Waals surface area contributed by atoms with Gasteiger partial charge in [-0.2, -0.15) is 0 Å². The van der Waals surface area contributed by atoms with E-state index in [1.807, 2.05) is 0 Å². The van der Waals surface area contributed by atoms with Crippen LogP contribution in [-0.4, -0.2) is 89.7 Å². The quantitative estimate of drug-likeness (QED) is 0.236. The number of morpholine rings is 1. The van der Waals surface area contributed by atoms with Crippen molar-refractivity contribution in [2.24, 2.45) is 21.7 Å². The zero-order valence-corrected chi connectivity index (χ0v) is 27.6. The molecular weight excluding hydrogens is 544 g/mol. The lowest BCUT2D eigenvalue weighted by atomic mass is 9.65. The highest BCUT2D eigenvalue weighted by Gasteiger charge is 2.48. The molecule has 0 aromatic rings. The maximum atomic E-state index is 5.51. The normalized spacial score (nSPS) is 33.3. The molecule has 7 heteroatoms. The first-order valence-corrected chi connectivity index (χ1v) is 18.9. The average Bonchev–Trinajstić information content (AvgIpc) is 3.71. The van der Waals surface area contributed by atoms with E-state index in [9.17, 15) is 0 Å². The van der Waals surface area contributed by atoms with Crippen LogP contribution >= 0.6 is 0 Å². The van der Waals surface area contributed by atoms with E-state index in [2.05, 4.69) is 31.9 Å². The zero-order valence-electron chi connectivity index (χ0n) is 27.6. The molecule has 6 saturated carbocycles. The molecule has 12 aliphatic rings. The molecule has 44 heavy (non-hydrogen) atoms. The van der Waals surface area contributed by atoms with Gasteiger partial charge in [0.05, 0.1) is 12.2 Å². The number of ether oxygens (including phenoxy) is 1. The fraction of sp³-hybridized carbons (Fsp3) is 1.00. The maximum Gasteiger partial charge on any atom is 0.0809 e. The van der Waals surface area contributed by atoms with Crippen LogP contribution in [0.15, 0.2) is 0 Å². The summed E-state index contributed by atoms with van der Waals surface area (Å²) in [7, 11) is 0. The van der Waals surface area contributed by atoms with Crippen LogP contribution in [0.2, 0.25) is 0 Å². The van der Waals surface area contributed by atoms with Crippen molar-refractivity contribution in [2.45, 2.75) is 134 Å². The Bertz CT molecular complexity index is 781. The molecule has 6 aliphatic heterocycles. The SMILES string of the molecule is C.C1CC12CNC2.C1CC2(C1)CCN2.C1CC2(C1)CNC2.C1CC2(CC2)CN1.C1CC2(CCN1)CC2.C1COC2(CC2)CN1. The maximum absolute atomic E-state index is 5.51. The van der Waals surface area contributed by atoms with Crippen LogP contribution in [0.5, 0.6) is 0 Å². The van der Waals surface area contributed by atoms with Crippen molar-refractivity contribution in [1.29, 1.82) is 0 Å². The van der Waals surface area contributed by atoms with Crippen molar-refractivity contribution < 1.29 is 4.74 Å². The van der Waals surface area contributed by atoms with Crippen molar-refractivity contribution in [3.05, 3.63) is 0 Å². The minimum absolute atomic E-state index is 0. The summed E-state index contributed by atoms with van der Waals surface area (Å²) in [5, 5.41) is 20.1. The molecule has 0 atom stereocenters. The summed E-state index contributed by atoms with van der Waals surface area (Å²) in [5.41, 5.74) is 4.41. The van der Waals surface area contributed by atoms with Gasteiger partial charge in [0, 0.05) is 51.4 Å². The van der Waals surface area contributed by atoms with E-state index >= 15 is 0 Å². The molecule has 0 unspecified atom stereocenters. The summed E-state index contributed by atoms with van der Waals surface area (Å²) in [6.07, 6.45) is 26.3. The monoisotopic (exact) mass is 615 g/mol. The lowest BCUT2D eigenvalue weighted by molar-refractivity contribution is 0.00884. The third-order valence-electron chi connectivity index (χ3n) is 13.6. The second kappa shape index (κ2) is 14.1. The van der Waals surface area contributed by atoms with Crippen LogP contribution in [0.25, 0.3) is 0 Å². The summed E-state index contributed by atoms with van der Waals surface area (Å²) < 4.78 is 5.51. The van der Waals surface area contributed by atoms with E-state index < -0.39 is 0 Å². The highest BCUT2D eigenvalue weighted by molar-refractivity contribution is 5.04. The standard InChI is InChI=1S/C7H13N.C6H11NO.3C6H11N.C5H9N.CH4/c1-2-7(1)3-5-8-6-4-7;1-2-6(1)5-7-3-4-8-6;1-2-6(1)3-4-7-5-6;1-2-6(3-1)4-7-5-6;1-2-6(3-1)4-5-7-6;1-2-5(1)3-6-4-5;/h8H,1-6H2;7H,1-5H2;3*7H,1-5H2;6H,1-4H2;1H4. The zero-order chi connectivity index (χ0) is 29.2. The van der Waals surface area contributed by atoms with E-state index in [1.54, 1.807) is 0 Å². The van der Waals surface area contributed by atoms with Gasteiger partial charge in [-0.1, -0.05) is 13.8 Å². The number of piperidine rings is 1. The van der Waals surface area contributed by atoms with E-state index in [0.717, 1.165) is 41.4 Å². The summed E-state index contributed by atoms with van der Waals surface area (Å²) in [6, 6.07) is 0. The van der Waals surface area contributed by atoms with Gasteiger partial charge in [-0.05, 0) is 157 Å². The second-order valence-corrected chi connectivity index (χ2v) is 17.3. The molecular formula is C37H70N6O. The minimum atomic E-state index is 0. The van der Waals surface area contributed by atoms with Gasteiger partial charge in [-0.15, -0.1) is 0 Å². The van der Waals surface area contributed by atoms with Crippen LogP contribution in [0.3, 0.4) is 0 Å². The van der Waals surface area contributed by atoms with Crippen LogP contribution in [0, 0.1) is 21.7 Å². The molecule has 6 spiro atoms. The van der Waals surface area contributed by atoms with Gasteiger partial charge in [0.25, 0.3) is 0 Å². The Morgan fingerprint density at radius 1 is 0.364 bits per heavy atom. The molecule has 6 saturated heterocycles. The van der Waals surface area contributed by atoms with Gasteiger partial charge in [0.15, 0.2) is 0 Å². The number of hydrogen-bond acceptors (Lipinski definition) is 7. The molecule has 6 heterocycles. The molecule has 0 aromatic heterocycles. The lowest BCUT2D eigenvalue weighted by Gasteiger charge is -2.50. The van der Waals surface area contributed by atoms with Crippen molar-refractivity contribution in [2.75, 3.05) is 78.6 Å². The molecule has 0 amide bonds. The lowest BCUT2D eigenvalue weighted by Crippen LogP contribution is -2.61. The highest BCUT2D eigenvalue weighted by Crippen LogP contribution is 2.52. The van der Waals surface area contributed by atoms with Crippen molar-refractivity contribution in [1.82, 2.24) is 31.9 Å². The molecule has 12 fully saturated rings. The highest BCUT2D eigenvalue weighted by atomic mass is 16.5. The van der Waals surface area contributed by atoms with Gasteiger partial charge in [0.2, 0.25) is 0 Å². The molecule has 6 aliphatic carbocycles. The fourth-order valence-electron chi connectivity index (χ4n) is 8.23. The van der Waals surface area contributed by atoms with Gasteiger partial charge in [-0.25, -0.2) is 0 Å². The molecule has 7 nitrogen and oxygen atoms in total. The van der Waals surface area contributed by atoms with E-state index in [0.29, 0.717) is 11.1 Å². The molecule has 0 aromatic carbocycles. The molecule has 12 rings (SSSR count). The summed E-state index contributed by atoms with van der Waals surface area (Å²) in [4.78, 5) is 0. The summed E-state index contributed by atoms with van der Waals surface area (Å²) >= 11 is 0. The van der Waals surface area contributed by atoms with Gasteiger partial charge in [-0.3, -0.25) is 0 Å². The Labute approximate surface area is 270 Å². The Balaban J connectivity index is 0.0000000933. The molecule has 6 N–H and O–H groups in total. The van der Waals surface area contributed by atoms with Crippen LogP contribution < -0.4 is 31.9 Å². The van der Waals surface area contributed by atoms with Gasteiger partial charge >= 0.3 is 0 Å². The summed E-state index contributed by atoms with van der Waals surface area (Å²) in [5.74, 6) is 0. The van der Waals surface area contributed by atoms with Gasteiger partial charge in [0.1, 0.15) is 0 Å².